The summed E-state index contributed by atoms with van der Waals surface area (Å²) in [5, 5.41) is 5.14. The van der Waals surface area contributed by atoms with Crippen LogP contribution in [-0.4, -0.2) is 0 Å². The van der Waals surface area contributed by atoms with Gasteiger partial charge in [-0.1, -0.05) is 87.2 Å². The zero-order valence-corrected chi connectivity index (χ0v) is 16.1. The van der Waals surface area contributed by atoms with Gasteiger partial charge in [-0.05, 0) is 40.3 Å². The lowest BCUT2D eigenvalue weighted by atomic mass is 9.82. The lowest BCUT2D eigenvalue weighted by molar-refractivity contribution is 0.652. The predicted molar refractivity (Wildman–Crippen MR) is 117 cm³/mol. The Morgan fingerprint density at radius 3 is 2.07 bits per heavy atom. The Labute approximate surface area is 160 Å². The Hall–Kier alpha value is -3.06. The molecule has 0 spiro atoms. The number of fused-ring (bicyclic) bond motifs is 4. The first-order valence-electron chi connectivity index (χ1n) is 9.50. The van der Waals surface area contributed by atoms with Crippen molar-refractivity contribution in [2.45, 2.75) is 26.2 Å². The molecule has 0 bridgehead atoms. The maximum Gasteiger partial charge on any atom is 0.0566 e. The topological polar surface area (TPSA) is 3.24 Å². The average Bonchev–Trinajstić information content (AvgIpc) is 2.88. The number of hydrogen-bond acceptors (Lipinski definition) is 1. The smallest absolute Gasteiger partial charge is 0.0566 e. The third-order valence-corrected chi connectivity index (χ3v) is 6.09. The molecule has 0 atom stereocenters. The van der Waals surface area contributed by atoms with Crippen molar-refractivity contribution in [3.63, 3.8) is 0 Å². The fourth-order valence-corrected chi connectivity index (χ4v) is 4.59. The van der Waals surface area contributed by atoms with Gasteiger partial charge in [0.15, 0.2) is 0 Å². The van der Waals surface area contributed by atoms with Gasteiger partial charge >= 0.3 is 0 Å². The highest BCUT2D eigenvalue weighted by atomic mass is 15.2. The molecule has 1 aliphatic rings. The largest absolute Gasteiger partial charge is 0.313 e. The van der Waals surface area contributed by atoms with Crippen LogP contribution in [0.4, 0.5) is 11.4 Å². The maximum atomic E-state index is 4.56. The van der Waals surface area contributed by atoms with Crippen LogP contribution < -0.4 is 4.90 Å². The highest BCUT2D eigenvalue weighted by Gasteiger charge is 2.41. The summed E-state index contributed by atoms with van der Waals surface area (Å²) in [6, 6.07) is 26.2. The monoisotopic (exact) mass is 349 g/mol. The first kappa shape index (κ1) is 16.1. The van der Waals surface area contributed by atoms with E-state index in [1.54, 1.807) is 0 Å². The fourth-order valence-electron chi connectivity index (χ4n) is 4.59. The molecule has 1 heteroatoms. The molecule has 0 amide bonds. The van der Waals surface area contributed by atoms with Crippen molar-refractivity contribution in [2.24, 2.45) is 0 Å². The second-order valence-electron chi connectivity index (χ2n) is 8.04. The standard InChI is InChI=1S/C26H23N/c1-17-13-14-20-10-6-8-12-22(20)25(17)27-18(2)26(3,4)24-21-11-7-5-9-19(21)15-16-23(24)27/h5-16H,2H2,1,3-4H3. The second kappa shape index (κ2) is 5.47. The zero-order valence-electron chi connectivity index (χ0n) is 16.1. The van der Waals surface area contributed by atoms with Crippen LogP contribution in [0.2, 0.25) is 0 Å². The van der Waals surface area contributed by atoms with Gasteiger partial charge < -0.3 is 4.90 Å². The molecule has 4 aromatic rings. The Balaban J connectivity index is 1.89. The molecule has 0 aliphatic carbocycles. The zero-order chi connectivity index (χ0) is 18.8. The molecule has 1 heterocycles. The quantitative estimate of drug-likeness (QED) is 0.350. The van der Waals surface area contributed by atoms with Crippen molar-refractivity contribution in [1.82, 2.24) is 0 Å². The molecule has 1 nitrogen and oxygen atoms in total. The van der Waals surface area contributed by atoms with Gasteiger partial charge in [-0.2, -0.15) is 0 Å². The van der Waals surface area contributed by atoms with E-state index in [1.165, 1.54) is 44.0 Å². The summed E-state index contributed by atoms with van der Waals surface area (Å²) in [5.41, 5.74) is 6.15. The summed E-state index contributed by atoms with van der Waals surface area (Å²) >= 11 is 0. The van der Waals surface area contributed by atoms with Crippen LogP contribution in [-0.2, 0) is 5.41 Å². The molecule has 4 aromatic carbocycles. The van der Waals surface area contributed by atoms with Gasteiger partial charge in [0.2, 0.25) is 0 Å². The van der Waals surface area contributed by atoms with E-state index in [0.29, 0.717) is 0 Å². The molecular weight excluding hydrogens is 326 g/mol. The first-order chi connectivity index (χ1) is 13.0. The number of hydrogen-bond donors (Lipinski definition) is 0. The van der Waals surface area contributed by atoms with Crippen molar-refractivity contribution < 1.29 is 0 Å². The Morgan fingerprint density at radius 2 is 1.33 bits per heavy atom. The van der Waals surface area contributed by atoms with E-state index >= 15 is 0 Å². The minimum absolute atomic E-state index is 0.125. The number of allylic oxidation sites excluding steroid dienone is 1. The van der Waals surface area contributed by atoms with Crippen LogP contribution in [0.25, 0.3) is 21.5 Å². The molecule has 0 fully saturated rings. The molecule has 0 N–H and O–H groups in total. The van der Waals surface area contributed by atoms with Crippen LogP contribution in [0.3, 0.4) is 0 Å². The molecule has 0 aromatic heterocycles. The molecule has 5 rings (SSSR count). The number of aryl methyl sites for hydroxylation is 1. The molecule has 1 aliphatic heterocycles. The number of benzene rings is 4. The molecule has 0 unspecified atom stereocenters. The van der Waals surface area contributed by atoms with Crippen LogP contribution >= 0.6 is 0 Å². The minimum Gasteiger partial charge on any atom is -0.313 e. The van der Waals surface area contributed by atoms with Crippen molar-refractivity contribution in [1.29, 1.82) is 0 Å². The van der Waals surface area contributed by atoms with Crippen LogP contribution in [0, 0.1) is 6.92 Å². The third kappa shape index (κ3) is 2.12. The van der Waals surface area contributed by atoms with E-state index in [2.05, 4.69) is 105 Å². The van der Waals surface area contributed by atoms with Gasteiger partial charge in [0.1, 0.15) is 0 Å². The van der Waals surface area contributed by atoms with Crippen molar-refractivity contribution >= 4 is 32.9 Å². The lowest BCUT2D eigenvalue weighted by Crippen LogP contribution is -2.22. The molecule has 132 valence electrons. The Morgan fingerprint density at radius 1 is 0.741 bits per heavy atom. The van der Waals surface area contributed by atoms with Gasteiger partial charge in [-0.25, -0.2) is 0 Å². The van der Waals surface area contributed by atoms with Crippen molar-refractivity contribution in [3.05, 3.63) is 96.2 Å². The van der Waals surface area contributed by atoms with Crippen LogP contribution in [0.15, 0.2) is 85.1 Å². The number of anilines is 2. The van der Waals surface area contributed by atoms with Gasteiger partial charge in [-0.15, -0.1) is 0 Å². The van der Waals surface area contributed by atoms with Crippen LogP contribution in [0.1, 0.15) is 25.0 Å². The van der Waals surface area contributed by atoms with E-state index in [-0.39, 0.29) is 5.41 Å². The SMILES string of the molecule is C=C1N(c2c(C)ccc3ccccc23)c2ccc3ccccc3c2C1(C)C. The predicted octanol–water partition coefficient (Wildman–Crippen LogP) is 7.24. The molecule has 0 saturated carbocycles. The highest BCUT2D eigenvalue weighted by molar-refractivity contribution is 6.03. The third-order valence-electron chi connectivity index (χ3n) is 6.09. The Kier molecular flexibility index (Phi) is 3.27. The van der Waals surface area contributed by atoms with E-state index in [9.17, 15) is 0 Å². The molecule has 27 heavy (non-hydrogen) atoms. The Bertz CT molecular complexity index is 1230. The summed E-state index contributed by atoms with van der Waals surface area (Å²) in [6.45, 7) is 11.3. The molecule has 0 saturated heterocycles. The van der Waals surface area contributed by atoms with Gasteiger partial charge in [-0.3, -0.25) is 0 Å². The van der Waals surface area contributed by atoms with Crippen molar-refractivity contribution in [3.8, 4) is 0 Å². The molecule has 0 radical (unpaired) electrons. The maximum absolute atomic E-state index is 4.56. The van der Waals surface area contributed by atoms with Crippen molar-refractivity contribution in [2.75, 3.05) is 4.90 Å². The highest BCUT2D eigenvalue weighted by Crippen LogP contribution is 2.54. The van der Waals surface area contributed by atoms with E-state index in [0.717, 1.165) is 5.70 Å². The summed E-state index contributed by atoms with van der Waals surface area (Å²) < 4.78 is 0. The molecular formula is C26H23N. The van der Waals surface area contributed by atoms with Gasteiger partial charge in [0.25, 0.3) is 0 Å². The summed E-state index contributed by atoms with van der Waals surface area (Å²) in [7, 11) is 0. The number of nitrogens with zero attached hydrogens (tertiary/aromatic N) is 1. The van der Waals surface area contributed by atoms with E-state index < -0.39 is 0 Å². The van der Waals surface area contributed by atoms with Gasteiger partial charge in [0.05, 0.1) is 11.4 Å². The second-order valence-corrected chi connectivity index (χ2v) is 8.04. The summed E-state index contributed by atoms with van der Waals surface area (Å²) in [5.74, 6) is 0. The minimum atomic E-state index is -0.125. The first-order valence-corrected chi connectivity index (χ1v) is 9.50. The fraction of sp³-hybridized carbons (Fsp3) is 0.154. The number of rotatable bonds is 1. The van der Waals surface area contributed by atoms with E-state index in [1.807, 2.05) is 0 Å². The van der Waals surface area contributed by atoms with Gasteiger partial charge in [0, 0.05) is 16.5 Å². The summed E-state index contributed by atoms with van der Waals surface area (Å²) in [4.78, 5) is 2.39. The van der Waals surface area contributed by atoms with Crippen LogP contribution in [0.5, 0.6) is 0 Å². The normalized spacial score (nSPS) is 15.5. The van der Waals surface area contributed by atoms with E-state index in [4.69, 9.17) is 0 Å². The lowest BCUT2D eigenvalue weighted by Gasteiger charge is -2.28. The average molecular weight is 349 g/mol. The summed E-state index contributed by atoms with van der Waals surface area (Å²) in [6.07, 6.45) is 0.